The Balaban J connectivity index is 2.64. The first-order valence-electron chi connectivity index (χ1n) is 5.69. The van der Waals surface area contributed by atoms with Crippen molar-refractivity contribution >= 4 is 6.09 Å². The molecule has 112 valence electrons. The molecule has 1 aromatic carbocycles. The smallest absolute Gasteiger partial charge is 0.445 e. The summed E-state index contributed by atoms with van der Waals surface area (Å²) < 4.78 is 58.1. The van der Waals surface area contributed by atoms with Gasteiger partial charge in [-0.05, 0) is 24.6 Å². The van der Waals surface area contributed by atoms with Crippen LogP contribution >= 0.6 is 0 Å². The molecule has 20 heavy (non-hydrogen) atoms. The third-order valence-corrected chi connectivity index (χ3v) is 2.10. The van der Waals surface area contributed by atoms with E-state index in [0.29, 0.717) is 12.1 Å². The monoisotopic (exact) mass is 295 g/mol. The fraction of sp³-hybridized carbons (Fsp3) is 0.417. The Morgan fingerprint density at radius 3 is 2.70 bits per heavy atom. The van der Waals surface area contributed by atoms with E-state index in [4.69, 9.17) is 4.74 Å². The van der Waals surface area contributed by atoms with Crippen molar-refractivity contribution in [2.75, 3.05) is 6.54 Å². The molecule has 0 unspecified atom stereocenters. The summed E-state index contributed by atoms with van der Waals surface area (Å²) in [6.45, 7) is 1.88. The van der Waals surface area contributed by atoms with Gasteiger partial charge < -0.3 is 14.8 Å². The highest BCUT2D eigenvalue weighted by Gasteiger charge is 2.43. The van der Waals surface area contributed by atoms with E-state index < -0.39 is 24.4 Å². The predicted molar refractivity (Wildman–Crippen MR) is 61.9 cm³/mol. The van der Waals surface area contributed by atoms with Crippen molar-refractivity contribution < 1.29 is 31.8 Å². The topological polar surface area (TPSA) is 47.6 Å². The van der Waals surface area contributed by atoms with Gasteiger partial charge >= 0.3 is 18.6 Å². The number of alkyl halides is 4. The van der Waals surface area contributed by atoms with Gasteiger partial charge in [-0.2, -0.15) is 17.6 Å². The van der Waals surface area contributed by atoms with Crippen molar-refractivity contribution in [2.45, 2.75) is 26.1 Å². The number of carbonyl (C=O) groups excluding carboxylic acids is 1. The number of alkyl carbamates (subject to hydrolysis) is 1. The van der Waals surface area contributed by atoms with Crippen molar-refractivity contribution in [2.24, 2.45) is 0 Å². The van der Waals surface area contributed by atoms with E-state index in [1.807, 2.05) is 0 Å². The number of benzene rings is 1. The molecular formula is C12H13F4NO3. The van der Waals surface area contributed by atoms with Crippen LogP contribution in [0.5, 0.6) is 5.75 Å². The third-order valence-electron chi connectivity index (χ3n) is 2.10. The molecule has 0 aliphatic heterocycles. The lowest BCUT2D eigenvalue weighted by molar-refractivity contribution is -0.253. The number of halogens is 4. The predicted octanol–water partition coefficient (Wildman–Crippen LogP) is 3.17. The average molecular weight is 295 g/mol. The normalized spacial score (nSPS) is 11.3. The molecule has 0 radical (unpaired) electrons. The Hall–Kier alpha value is -1.99. The van der Waals surface area contributed by atoms with Crippen LogP contribution in [0.4, 0.5) is 22.4 Å². The van der Waals surface area contributed by atoms with Crippen molar-refractivity contribution in [1.82, 2.24) is 5.32 Å². The standard InChI is InChI=1S/C12H13F4NO3/c1-2-17-11(18)19-7-8-4-3-5-9(6-8)20-12(15,16)10(13)14/h3-6,10H,2,7H2,1H3,(H,17,18). The lowest BCUT2D eigenvalue weighted by Gasteiger charge is -2.17. The minimum absolute atomic E-state index is 0.191. The number of ether oxygens (including phenoxy) is 2. The molecule has 8 heteroatoms. The van der Waals surface area contributed by atoms with Crippen LogP contribution in [0.2, 0.25) is 0 Å². The summed E-state index contributed by atoms with van der Waals surface area (Å²) in [5.41, 5.74) is 0.332. The number of nitrogens with one attached hydrogen (secondary N) is 1. The van der Waals surface area contributed by atoms with E-state index in [0.717, 1.165) is 12.1 Å². The van der Waals surface area contributed by atoms with Gasteiger partial charge in [0.05, 0.1) is 0 Å². The largest absolute Gasteiger partial charge is 0.461 e. The number of rotatable bonds is 6. The quantitative estimate of drug-likeness (QED) is 0.820. The first-order chi connectivity index (χ1) is 9.35. The summed E-state index contributed by atoms with van der Waals surface area (Å²) >= 11 is 0. The zero-order valence-corrected chi connectivity index (χ0v) is 10.5. The molecular weight excluding hydrogens is 282 g/mol. The van der Waals surface area contributed by atoms with Gasteiger partial charge in [0.15, 0.2) is 0 Å². The van der Waals surface area contributed by atoms with Gasteiger partial charge in [-0.25, -0.2) is 4.79 Å². The van der Waals surface area contributed by atoms with Gasteiger partial charge in [0.2, 0.25) is 0 Å². The average Bonchev–Trinajstić information content (AvgIpc) is 2.36. The molecule has 0 saturated heterocycles. The third kappa shape index (κ3) is 4.94. The number of hydrogen-bond acceptors (Lipinski definition) is 3. The maximum Gasteiger partial charge on any atom is 0.461 e. The van der Waals surface area contributed by atoms with Crippen LogP contribution in [-0.2, 0) is 11.3 Å². The number of amides is 1. The van der Waals surface area contributed by atoms with E-state index in [1.54, 1.807) is 6.92 Å². The minimum Gasteiger partial charge on any atom is -0.445 e. The summed E-state index contributed by atoms with van der Waals surface area (Å²) in [6, 6.07) is 5.00. The summed E-state index contributed by atoms with van der Waals surface area (Å²) in [7, 11) is 0. The molecule has 0 aliphatic rings. The van der Waals surface area contributed by atoms with Gasteiger partial charge in [-0.1, -0.05) is 12.1 Å². The molecule has 0 fully saturated rings. The molecule has 1 N–H and O–H groups in total. The Bertz CT molecular complexity index is 454. The Morgan fingerprint density at radius 1 is 1.40 bits per heavy atom. The van der Waals surface area contributed by atoms with Gasteiger partial charge in [0.25, 0.3) is 0 Å². The first-order valence-corrected chi connectivity index (χ1v) is 5.69. The van der Waals surface area contributed by atoms with Gasteiger partial charge in [0.1, 0.15) is 12.4 Å². The molecule has 1 rings (SSSR count). The second-order valence-electron chi connectivity index (χ2n) is 3.72. The molecule has 1 aromatic rings. The number of hydrogen-bond donors (Lipinski definition) is 1. The van der Waals surface area contributed by atoms with Crippen molar-refractivity contribution in [3.8, 4) is 5.75 Å². The Morgan fingerprint density at radius 2 is 2.10 bits per heavy atom. The lowest BCUT2D eigenvalue weighted by Crippen LogP contribution is -2.33. The summed E-state index contributed by atoms with van der Waals surface area (Å²) in [5.74, 6) is -0.438. The SMILES string of the molecule is CCNC(=O)OCc1cccc(OC(F)(F)C(F)F)c1. The van der Waals surface area contributed by atoms with Crippen LogP contribution in [-0.4, -0.2) is 25.2 Å². The maximum atomic E-state index is 12.7. The highest BCUT2D eigenvalue weighted by atomic mass is 19.3. The van der Waals surface area contributed by atoms with Crippen molar-refractivity contribution in [3.05, 3.63) is 29.8 Å². The second-order valence-corrected chi connectivity index (χ2v) is 3.72. The summed E-state index contributed by atoms with van der Waals surface area (Å²) in [4.78, 5) is 11.0. The van der Waals surface area contributed by atoms with Gasteiger partial charge in [-0.15, -0.1) is 0 Å². The second kappa shape index (κ2) is 6.97. The molecule has 0 heterocycles. The Labute approximate surface area is 112 Å². The highest BCUT2D eigenvalue weighted by molar-refractivity contribution is 5.67. The van der Waals surface area contributed by atoms with E-state index in [2.05, 4.69) is 10.1 Å². The van der Waals surface area contributed by atoms with Crippen LogP contribution in [0.1, 0.15) is 12.5 Å². The van der Waals surface area contributed by atoms with Crippen molar-refractivity contribution in [1.29, 1.82) is 0 Å². The summed E-state index contributed by atoms with van der Waals surface area (Å²) in [6.07, 6.45) is -9.17. The highest BCUT2D eigenvalue weighted by Crippen LogP contribution is 2.27. The van der Waals surface area contributed by atoms with E-state index >= 15 is 0 Å². The van der Waals surface area contributed by atoms with Crippen LogP contribution < -0.4 is 10.1 Å². The fourth-order valence-electron chi connectivity index (χ4n) is 1.24. The summed E-state index contributed by atoms with van der Waals surface area (Å²) in [5, 5.41) is 2.37. The zero-order chi connectivity index (χ0) is 15.2. The van der Waals surface area contributed by atoms with E-state index in [1.165, 1.54) is 12.1 Å². The molecule has 0 spiro atoms. The molecule has 4 nitrogen and oxygen atoms in total. The van der Waals surface area contributed by atoms with Gasteiger partial charge in [0, 0.05) is 6.54 Å². The van der Waals surface area contributed by atoms with Crippen molar-refractivity contribution in [3.63, 3.8) is 0 Å². The molecule has 0 saturated carbocycles. The van der Waals surface area contributed by atoms with Crippen LogP contribution in [0, 0.1) is 0 Å². The van der Waals surface area contributed by atoms with Crippen LogP contribution in [0.25, 0.3) is 0 Å². The van der Waals surface area contributed by atoms with E-state index in [9.17, 15) is 22.4 Å². The van der Waals surface area contributed by atoms with Crippen LogP contribution in [0.15, 0.2) is 24.3 Å². The molecule has 1 amide bonds. The zero-order valence-electron chi connectivity index (χ0n) is 10.5. The molecule has 0 aromatic heterocycles. The Kier molecular flexibility index (Phi) is 5.60. The molecule has 0 aliphatic carbocycles. The molecule has 0 bridgehead atoms. The first kappa shape index (κ1) is 16.1. The van der Waals surface area contributed by atoms with E-state index in [-0.39, 0.29) is 6.61 Å². The van der Waals surface area contributed by atoms with Crippen LogP contribution in [0.3, 0.4) is 0 Å². The minimum atomic E-state index is -4.57. The lowest BCUT2D eigenvalue weighted by atomic mass is 10.2. The fourth-order valence-corrected chi connectivity index (χ4v) is 1.24. The molecule has 0 atom stereocenters. The van der Waals surface area contributed by atoms with Gasteiger partial charge in [-0.3, -0.25) is 0 Å². The maximum absolute atomic E-state index is 12.7. The number of carbonyl (C=O) groups is 1.